The van der Waals surface area contributed by atoms with E-state index in [4.69, 9.17) is 9.15 Å². The number of thiophene rings is 1. The van der Waals surface area contributed by atoms with Crippen molar-refractivity contribution in [2.24, 2.45) is 0 Å². The first-order chi connectivity index (χ1) is 11.6. The van der Waals surface area contributed by atoms with Crippen molar-refractivity contribution >= 4 is 28.3 Å². The molecular weight excluding hydrogens is 324 g/mol. The number of ether oxygens (including phenoxy) is 1. The molecule has 1 aromatic carbocycles. The summed E-state index contributed by atoms with van der Waals surface area (Å²) in [7, 11) is 0. The van der Waals surface area contributed by atoms with Crippen LogP contribution in [0.2, 0.25) is 0 Å². The van der Waals surface area contributed by atoms with Gasteiger partial charge in [0.15, 0.2) is 0 Å². The van der Waals surface area contributed by atoms with E-state index < -0.39 is 0 Å². The maximum atomic E-state index is 12.2. The molecular formula is C19H16O4S. The topological polar surface area (TPSA) is 56.5 Å². The van der Waals surface area contributed by atoms with Gasteiger partial charge in [-0.25, -0.2) is 9.59 Å². The molecule has 4 rings (SSSR count). The van der Waals surface area contributed by atoms with Gasteiger partial charge in [-0.15, -0.1) is 11.3 Å². The van der Waals surface area contributed by atoms with Crippen LogP contribution in [-0.2, 0) is 12.8 Å². The Morgan fingerprint density at radius 2 is 2.00 bits per heavy atom. The summed E-state index contributed by atoms with van der Waals surface area (Å²) in [6, 6.07) is 7.18. The van der Waals surface area contributed by atoms with Crippen molar-refractivity contribution in [2.45, 2.75) is 32.6 Å². The summed E-state index contributed by atoms with van der Waals surface area (Å²) in [5.74, 6) is 0.154. The van der Waals surface area contributed by atoms with Gasteiger partial charge < -0.3 is 9.15 Å². The highest BCUT2D eigenvalue weighted by atomic mass is 32.1. The van der Waals surface area contributed by atoms with E-state index in [-0.39, 0.29) is 11.6 Å². The molecule has 4 nitrogen and oxygen atoms in total. The van der Waals surface area contributed by atoms with Crippen LogP contribution in [0.3, 0.4) is 0 Å². The fraction of sp³-hybridized carbons (Fsp3) is 0.263. The van der Waals surface area contributed by atoms with Gasteiger partial charge in [0.25, 0.3) is 0 Å². The van der Waals surface area contributed by atoms with E-state index in [9.17, 15) is 9.59 Å². The standard InChI is InChI=1S/C19H16O4S/c1-11-9-16-14(12-5-2-3-6-13(12)18(20)23-16)10-15(11)22-19(21)17-7-4-8-24-17/h4,7-10H,2-3,5-6H2,1H3. The van der Waals surface area contributed by atoms with E-state index in [1.807, 2.05) is 24.4 Å². The van der Waals surface area contributed by atoms with Crippen molar-refractivity contribution in [1.29, 1.82) is 0 Å². The highest BCUT2D eigenvalue weighted by Crippen LogP contribution is 2.32. The summed E-state index contributed by atoms with van der Waals surface area (Å²) < 4.78 is 11.0. The average molecular weight is 340 g/mol. The minimum absolute atomic E-state index is 0.236. The Hall–Kier alpha value is -2.40. The highest BCUT2D eigenvalue weighted by molar-refractivity contribution is 7.12. The Kier molecular flexibility index (Phi) is 3.73. The molecule has 122 valence electrons. The molecule has 0 saturated heterocycles. The van der Waals surface area contributed by atoms with Crippen LogP contribution in [0, 0.1) is 6.92 Å². The number of carbonyl (C=O) groups is 1. The molecule has 0 spiro atoms. The Morgan fingerprint density at radius 1 is 1.21 bits per heavy atom. The summed E-state index contributed by atoms with van der Waals surface area (Å²) in [6.07, 6.45) is 3.68. The maximum absolute atomic E-state index is 12.2. The summed E-state index contributed by atoms with van der Waals surface area (Å²) in [4.78, 5) is 24.9. The van der Waals surface area contributed by atoms with Gasteiger partial charge in [0.1, 0.15) is 16.2 Å². The molecule has 0 unspecified atom stereocenters. The number of benzene rings is 1. The number of hydrogen-bond donors (Lipinski definition) is 0. The number of aryl methyl sites for hydroxylation is 2. The molecule has 0 radical (unpaired) electrons. The zero-order chi connectivity index (χ0) is 16.7. The number of hydrogen-bond acceptors (Lipinski definition) is 5. The van der Waals surface area contributed by atoms with E-state index in [1.54, 1.807) is 12.1 Å². The molecule has 0 bridgehead atoms. The van der Waals surface area contributed by atoms with Crippen molar-refractivity contribution in [3.8, 4) is 5.75 Å². The molecule has 24 heavy (non-hydrogen) atoms. The molecule has 0 fully saturated rings. The van der Waals surface area contributed by atoms with Gasteiger partial charge in [0.05, 0.1) is 0 Å². The van der Waals surface area contributed by atoms with Crippen molar-refractivity contribution < 1.29 is 13.9 Å². The molecule has 0 aliphatic heterocycles. The van der Waals surface area contributed by atoms with Crippen molar-refractivity contribution in [3.05, 3.63) is 61.6 Å². The number of carbonyl (C=O) groups excluding carboxylic acids is 1. The SMILES string of the molecule is Cc1cc2oc(=O)c3c(c2cc1OC(=O)c1cccs1)CCCC3. The predicted octanol–water partition coefficient (Wildman–Crippen LogP) is 4.26. The van der Waals surface area contributed by atoms with Crippen LogP contribution >= 0.6 is 11.3 Å². The lowest BCUT2D eigenvalue weighted by Crippen LogP contribution is -2.16. The fourth-order valence-corrected chi connectivity index (χ4v) is 3.82. The molecule has 0 atom stereocenters. The molecule has 5 heteroatoms. The summed E-state index contributed by atoms with van der Waals surface area (Å²) in [6.45, 7) is 1.84. The van der Waals surface area contributed by atoms with Crippen LogP contribution in [0.25, 0.3) is 11.0 Å². The average Bonchev–Trinajstić information content (AvgIpc) is 3.11. The summed E-state index contributed by atoms with van der Waals surface area (Å²) >= 11 is 1.35. The van der Waals surface area contributed by atoms with Crippen LogP contribution in [0.4, 0.5) is 0 Å². The van der Waals surface area contributed by atoms with Gasteiger partial charge in [0.2, 0.25) is 0 Å². The predicted molar refractivity (Wildman–Crippen MR) is 93.1 cm³/mol. The number of esters is 1. The zero-order valence-electron chi connectivity index (χ0n) is 13.3. The summed E-state index contributed by atoms with van der Waals surface area (Å²) in [5.41, 5.74) is 2.91. The van der Waals surface area contributed by atoms with Crippen LogP contribution in [-0.4, -0.2) is 5.97 Å². The Morgan fingerprint density at radius 3 is 2.75 bits per heavy atom. The normalized spacial score (nSPS) is 13.7. The van der Waals surface area contributed by atoms with Gasteiger partial charge >= 0.3 is 11.6 Å². The van der Waals surface area contributed by atoms with E-state index >= 15 is 0 Å². The largest absolute Gasteiger partial charge is 0.422 e. The molecule has 3 aromatic rings. The fourth-order valence-electron chi connectivity index (χ4n) is 3.23. The Balaban J connectivity index is 1.82. The molecule has 2 aromatic heterocycles. The second-order valence-electron chi connectivity index (χ2n) is 6.03. The highest BCUT2D eigenvalue weighted by Gasteiger charge is 2.20. The molecule has 2 heterocycles. The van der Waals surface area contributed by atoms with Gasteiger partial charge in [-0.05, 0) is 67.3 Å². The van der Waals surface area contributed by atoms with Crippen LogP contribution < -0.4 is 10.4 Å². The quantitative estimate of drug-likeness (QED) is 0.397. The van der Waals surface area contributed by atoms with E-state index in [0.717, 1.165) is 47.8 Å². The molecule has 1 aliphatic rings. The molecule has 0 saturated carbocycles. The first-order valence-electron chi connectivity index (χ1n) is 7.98. The molecule has 1 aliphatic carbocycles. The lowest BCUT2D eigenvalue weighted by atomic mass is 9.90. The Bertz CT molecular complexity index is 983. The van der Waals surface area contributed by atoms with Gasteiger partial charge in [0, 0.05) is 10.9 Å². The second kappa shape index (κ2) is 5.91. The van der Waals surface area contributed by atoms with Crippen molar-refractivity contribution in [2.75, 3.05) is 0 Å². The van der Waals surface area contributed by atoms with Gasteiger partial charge in [-0.2, -0.15) is 0 Å². The smallest absolute Gasteiger partial charge is 0.353 e. The monoisotopic (exact) mass is 340 g/mol. The van der Waals surface area contributed by atoms with Crippen molar-refractivity contribution in [1.82, 2.24) is 0 Å². The molecule has 0 amide bonds. The number of fused-ring (bicyclic) bond motifs is 3. The lowest BCUT2D eigenvalue weighted by Gasteiger charge is -2.17. The van der Waals surface area contributed by atoms with Gasteiger partial charge in [-0.3, -0.25) is 0 Å². The maximum Gasteiger partial charge on any atom is 0.353 e. The van der Waals surface area contributed by atoms with E-state index in [1.165, 1.54) is 11.3 Å². The number of rotatable bonds is 2. The zero-order valence-corrected chi connectivity index (χ0v) is 14.1. The van der Waals surface area contributed by atoms with Gasteiger partial charge in [-0.1, -0.05) is 6.07 Å². The van der Waals surface area contributed by atoms with Crippen molar-refractivity contribution in [3.63, 3.8) is 0 Å². The minimum Gasteiger partial charge on any atom is -0.422 e. The lowest BCUT2D eigenvalue weighted by molar-refractivity contribution is 0.0739. The minimum atomic E-state index is -0.362. The van der Waals surface area contributed by atoms with Crippen LogP contribution in [0.15, 0.2) is 38.9 Å². The molecule has 0 N–H and O–H groups in total. The van der Waals surface area contributed by atoms with Crippen LogP contribution in [0.5, 0.6) is 5.75 Å². The van der Waals surface area contributed by atoms with E-state index in [2.05, 4.69) is 0 Å². The third kappa shape index (κ3) is 2.55. The van der Waals surface area contributed by atoms with Crippen LogP contribution in [0.1, 0.15) is 39.2 Å². The third-order valence-electron chi connectivity index (χ3n) is 4.44. The summed E-state index contributed by atoms with van der Waals surface area (Å²) in [5, 5.41) is 2.72. The second-order valence-corrected chi connectivity index (χ2v) is 6.98. The Labute approximate surface area is 142 Å². The van der Waals surface area contributed by atoms with E-state index in [0.29, 0.717) is 16.2 Å². The first-order valence-corrected chi connectivity index (χ1v) is 8.86. The third-order valence-corrected chi connectivity index (χ3v) is 5.29. The first kappa shape index (κ1) is 15.1.